The van der Waals surface area contributed by atoms with Crippen molar-refractivity contribution in [3.8, 4) is 0 Å². The van der Waals surface area contributed by atoms with E-state index in [1.807, 2.05) is 0 Å². The highest BCUT2D eigenvalue weighted by Crippen LogP contribution is 2.30. The van der Waals surface area contributed by atoms with Gasteiger partial charge in [0.2, 0.25) is 0 Å². The highest BCUT2D eigenvalue weighted by atomic mass is 16.4. The van der Waals surface area contributed by atoms with Crippen molar-refractivity contribution in [2.24, 2.45) is 5.92 Å². The first-order chi connectivity index (χ1) is 7.18. The largest absolute Gasteiger partial charge is 0.481 e. The number of rotatable bonds is 2. The number of β-amino-alcohol motifs (C(OH)–C–C–N with tert-alkyl or cyclic N) is 1. The van der Waals surface area contributed by atoms with Crippen LogP contribution < -0.4 is 0 Å². The Morgan fingerprint density at radius 3 is 2.53 bits per heavy atom. The summed E-state index contributed by atoms with van der Waals surface area (Å²) in [6.45, 7) is 1.52. The SMILES string of the molecule is O=C(O)C1CCCCC1N1CCC(O)C1. The summed E-state index contributed by atoms with van der Waals surface area (Å²) in [5, 5.41) is 18.6. The third-order valence-corrected chi connectivity index (χ3v) is 3.71. The highest BCUT2D eigenvalue weighted by molar-refractivity contribution is 5.71. The third-order valence-electron chi connectivity index (χ3n) is 3.71. The number of hydrogen-bond donors (Lipinski definition) is 2. The van der Waals surface area contributed by atoms with Crippen LogP contribution in [0, 0.1) is 5.92 Å². The van der Waals surface area contributed by atoms with E-state index in [2.05, 4.69) is 4.90 Å². The molecule has 86 valence electrons. The number of aliphatic carboxylic acids is 1. The van der Waals surface area contributed by atoms with Crippen molar-refractivity contribution in [1.29, 1.82) is 0 Å². The van der Waals surface area contributed by atoms with Crippen LogP contribution in [0.15, 0.2) is 0 Å². The molecular weight excluding hydrogens is 194 g/mol. The Morgan fingerprint density at radius 1 is 1.20 bits per heavy atom. The summed E-state index contributed by atoms with van der Waals surface area (Å²) in [5.74, 6) is -0.884. The fraction of sp³-hybridized carbons (Fsp3) is 0.909. The standard InChI is InChI=1S/C11H19NO3/c13-8-5-6-12(7-8)10-4-2-1-3-9(10)11(14)15/h8-10,13H,1-7H2,(H,14,15). The van der Waals surface area contributed by atoms with Gasteiger partial charge in [0.15, 0.2) is 0 Å². The quantitative estimate of drug-likeness (QED) is 0.708. The lowest BCUT2D eigenvalue weighted by Crippen LogP contribution is -2.44. The van der Waals surface area contributed by atoms with E-state index in [9.17, 15) is 9.90 Å². The zero-order valence-electron chi connectivity index (χ0n) is 8.93. The lowest BCUT2D eigenvalue weighted by atomic mass is 9.83. The number of carboxylic acid groups (broad SMARTS) is 1. The van der Waals surface area contributed by atoms with E-state index in [0.29, 0.717) is 6.54 Å². The van der Waals surface area contributed by atoms with Crippen molar-refractivity contribution >= 4 is 5.97 Å². The Labute approximate surface area is 89.9 Å². The summed E-state index contributed by atoms with van der Waals surface area (Å²) >= 11 is 0. The topological polar surface area (TPSA) is 60.8 Å². The normalized spacial score (nSPS) is 38.1. The second-order valence-corrected chi connectivity index (χ2v) is 4.73. The van der Waals surface area contributed by atoms with Crippen molar-refractivity contribution in [3.05, 3.63) is 0 Å². The molecule has 2 aliphatic rings. The molecule has 1 aliphatic carbocycles. The molecule has 4 nitrogen and oxygen atoms in total. The maximum absolute atomic E-state index is 11.1. The fourth-order valence-corrected chi connectivity index (χ4v) is 2.91. The van der Waals surface area contributed by atoms with E-state index in [1.165, 1.54) is 0 Å². The second-order valence-electron chi connectivity index (χ2n) is 4.73. The minimum absolute atomic E-state index is 0.161. The monoisotopic (exact) mass is 213 g/mol. The number of aliphatic hydroxyl groups is 1. The van der Waals surface area contributed by atoms with Crippen molar-refractivity contribution < 1.29 is 15.0 Å². The zero-order chi connectivity index (χ0) is 10.8. The molecule has 0 amide bonds. The molecule has 0 aromatic rings. The molecule has 1 heterocycles. The van der Waals surface area contributed by atoms with Crippen LogP contribution in [0.4, 0.5) is 0 Å². The fourth-order valence-electron chi connectivity index (χ4n) is 2.91. The molecule has 3 unspecified atom stereocenters. The Morgan fingerprint density at radius 2 is 1.93 bits per heavy atom. The summed E-state index contributed by atoms with van der Waals surface area (Å²) in [6, 6.07) is 0.161. The van der Waals surface area contributed by atoms with Crippen molar-refractivity contribution in [2.75, 3.05) is 13.1 Å². The average molecular weight is 213 g/mol. The number of aliphatic hydroxyl groups excluding tert-OH is 1. The van der Waals surface area contributed by atoms with E-state index in [1.54, 1.807) is 0 Å². The molecule has 15 heavy (non-hydrogen) atoms. The van der Waals surface area contributed by atoms with Gasteiger partial charge in [0, 0.05) is 19.1 Å². The van der Waals surface area contributed by atoms with Crippen LogP contribution in [-0.4, -0.2) is 46.3 Å². The van der Waals surface area contributed by atoms with Gasteiger partial charge in [-0.1, -0.05) is 12.8 Å². The van der Waals surface area contributed by atoms with Gasteiger partial charge in [-0.2, -0.15) is 0 Å². The number of carbonyl (C=O) groups is 1. The summed E-state index contributed by atoms with van der Waals surface area (Å²) in [4.78, 5) is 13.3. The molecule has 0 aromatic heterocycles. The first-order valence-electron chi connectivity index (χ1n) is 5.83. The number of hydrogen-bond acceptors (Lipinski definition) is 3. The van der Waals surface area contributed by atoms with Crippen molar-refractivity contribution in [3.63, 3.8) is 0 Å². The first-order valence-corrected chi connectivity index (χ1v) is 5.83. The molecule has 4 heteroatoms. The highest BCUT2D eigenvalue weighted by Gasteiger charge is 2.37. The molecule has 1 saturated heterocycles. The summed E-state index contributed by atoms with van der Waals surface area (Å²) in [5.41, 5.74) is 0. The Balaban J connectivity index is 2.01. The molecule has 2 rings (SSSR count). The first kappa shape index (κ1) is 10.9. The molecule has 0 bridgehead atoms. The van der Waals surface area contributed by atoms with E-state index < -0.39 is 5.97 Å². The average Bonchev–Trinajstić information content (AvgIpc) is 2.65. The van der Waals surface area contributed by atoms with Crippen LogP contribution in [0.5, 0.6) is 0 Å². The van der Waals surface area contributed by atoms with Crippen LogP contribution in [0.1, 0.15) is 32.1 Å². The number of likely N-dealkylation sites (tertiary alicyclic amines) is 1. The van der Waals surface area contributed by atoms with E-state index in [4.69, 9.17) is 5.11 Å². The van der Waals surface area contributed by atoms with Crippen LogP contribution >= 0.6 is 0 Å². The minimum atomic E-state index is -0.666. The number of carboxylic acids is 1. The molecule has 0 spiro atoms. The maximum atomic E-state index is 11.1. The van der Waals surface area contributed by atoms with E-state index in [-0.39, 0.29) is 18.1 Å². The predicted molar refractivity (Wildman–Crippen MR) is 55.6 cm³/mol. The lowest BCUT2D eigenvalue weighted by molar-refractivity contribution is -0.145. The molecule has 0 radical (unpaired) electrons. The second kappa shape index (κ2) is 4.49. The predicted octanol–water partition coefficient (Wildman–Crippen LogP) is 0.696. The summed E-state index contributed by atoms with van der Waals surface area (Å²) in [6.07, 6.45) is 4.48. The van der Waals surface area contributed by atoms with Crippen molar-refractivity contribution in [1.82, 2.24) is 4.90 Å². The Bertz CT molecular complexity index is 244. The molecule has 2 fully saturated rings. The van der Waals surface area contributed by atoms with E-state index in [0.717, 1.165) is 38.6 Å². The van der Waals surface area contributed by atoms with Gasteiger partial charge in [-0.15, -0.1) is 0 Å². The van der Waals surface area contributed by atoms with Gasteiger partial charge in [0.25, 0.3) is 0 Å². The zero-order valence-corrected chi connectivity index (χ0v) is 8.93. The van der Waals surface area contributed by atoms with Crippen molar-refractivity contribution in [2.45, 2.75) is 44.2 Å². The molecule has 3 atom stereocenters. The van der Waals surface area contributed by atoms with Gasteiger partial charge in [-0.3, -0.25) is 9.69 Å². The van der Waals surface area contributed by atoms with Crippen LogP contribution in [-0.2, 0) is 4.79 Å². The number of nitrogens with zero attached hydrogens (tertiary/aromatic N) is 1. The van der Waals surface area contributed by atoms with Crippen LogP contribution in [0.3, 0.4) is 0 Å². The Hall–Kier alpha value is -0.610. The molecule has 1 aliphatic heterocycles. The molecule has 2 N–H and O–H groups in total. The summed E-state index contributed by atoms with van der Waals surface area (Å²) < 4.78 is 0. The van der Waals surface area contributed by atoms with Crippen LogP contribution in [0.2, 0.25) is 0 Å². The van der Waals surface area contributed by atoms with Gasteiger partial charge in [-0.25, -0.2) is 0 Å². The van der Waals surface area contributed by atoms with Gasteiger partial charge < -0.3 is 10.2 Å². The molecular formula is C11H19NO3. The minimum Gasteiger partial charge on any atom is -0.481 e. The smallest absolute Gasteiger partial charge is 0.308 e. The molecule has 0 aromatic carbocycles. The van der Waals surface area contributed by atoms with E-state index >= 15 is 0 Å². The van der Waals surface area contributed by atoms with Gasteiger partial charge in [0.1, 0.15) is 0 Å². The Kier molecular flexibility index (Phi) is 3.26. The van der Waals surface area contributed by atoms with Gasteiger partial charge in [0.05, 0.1) is 12.0 Å². The van der Waals surface area contributed by atoms with Gasteiger partial charge >= 0.3 is 5.97 Å². The third kappa shape index (κ3) is 2.32. The van der Waals surface area contributed by atoms with Gasteiger partial charge in [-0.05, 0) is 19.3 Å². The van der Waals surface area contributed by atoms with Crippen LogP contribution in [0.25, 0.3) is 0 Å². The summed E-state index contributed by atoms with van der Waals surface area (Å²) in [7, 11) is 0. The molecule has 1 saturated carbocycles. The lowest BCUT2D eigenvalue weighted by Gasteiger charge is -2.35. The maximum Gasteiger partial charge on any atom is 0.308 e.